The maximum atomic E-state index is 12.9. The van der Waals surface area contributed by atoms with E-state index in [1.807, 2.05) is 19.1 Å². The van der Waals surface area contributed by atoms with E-state index in [-0.39, 0.29) is 10.6 Å². The molecular weight excluding hydrogens is 318 g/mol. The Labute approximate surface area is 133 Å². The molecule has 22 heavy (non-hydrogen) atoms. The van der Waals surface area contributed by atoms with E-state index in [1.54, 1.807) is 30.3 Å². The van der Waals surface area contributed by atoms with Gasteiger partial charge in [-0.1, -0.05) is 29.8 Å². The highest BCUT2D eigenvalue weighted by Gasteiger charge is 2.24. The van der Waals surface area contributed by atoms with Gasteiger partial charge in [0.25, 0.3) is 10.0 Å². The molecule has 1 heterocycles. The number of aliphatic hydroxyl groups excluding tert-OH is 1. The molecule has 0 atom stereocenters. The zero-order valence-electron chi connectivity index (χ0n) is 11.7. The van der Waals surface area contributed by atoms with E-state index in [0.29, 0.717) is 10.9 Å². The average molecular weight is 331 g/mol. The van der Waals surface area contributed by atoms with Crippen molar-refractivity contribution in [1.82, 2.24) is 3.97 Å². The molecule has 4 nitrogen and oxygen atoms in total. The zero-order chi connectivity index (χ0) is 15.9. The maximum absolute atomic E-state index is 12.9. The predicted molar refractivity (Wildman–Crippen MR) is 90.0 cm³/mol. The molecule has 3 rings (SSSR count). The average Bonchev–Trinajstić information content (AvgIpc) is 2.87. The van der Waals surface area contributed by atoms with Gasteiger partial charge in [-0.3, -0.25) is 0 Å². The van der Waals surface area contributed by atoms with Gasteiger partial charge in [0.05, 0.1) is 10.4 Å². The third kappa shape index (κ3) is 2.30. The minimum atomic E-state index is -3.84. The van der Waals surface area contributed by atoms with Crippen LogP contribution in [0, 0.1) is 6.92 Å². The van der Waals surface area contributed by atoms with Crippen LogP contribution in [-0.4, -0.2) is 22.5 Å². The number of fused-ring (bicyclic) bond motifs is 1. The van der Waals surface area contributed by atoms with Crippen molar-refractivity contribution in [2.45, 2.75) is 11.8 Å². The Kier molecular flexibility index (Phi) is 3.50. The number of thiocarbonyl (C=S) groups is 1. The second-order valence-corrected chi connectivity index (χ2v) is 7.15. The minimum absolute atomic E-state index is 0.0967. The van der Waals surface area contributed by atoms with Gasteiger partial charge in [-0.15, -0.1) is 0 Å². The molecule has 0 aliphatic heterocycles. The number of aromatic nitrogens is 1. The van der Waals surface area contributed by atoms with Crippen molar-refractivity contribution < 1.29 is 13.5 Å². The van der Waals surface area contributed by atoms with Gasteiger partial charge in [-0.05, 0) is 49.5 Å². The Hall–Kier alpha value is -2.18. The second-order valence-electron chi connectivity index (χ2n) is 4.98. The lowest BCUT2D eigenvalue weighted by Gasteiger charge is -2.10. The Morgan fingerprint density at radius 2 is 1.77 bits per heavy atom. The normalized spacial score (nSPS) is 11.7. The van der Waals surface area contributed by atoms with Crippen LogP contribution in [-0.2, 0) is 10.0 Å². The Morgan fingerprint density at radius 3 is 2.41 bits per heavy atom. The summed E-state index contributed by atoms with van der Waals surface area (Å²) in [5.74, 6) is 0. The van der Waals surface area contributed by atoms with Crippen molar-refractivity contribution in [3.8, 4) is 0 Å². The fraction of sp³-hybridized carbons (Fsp3) is 0.0625. The van der Waals surface area contributed by atoms with Gasteiger partial charge in [-0.2, -0.15) is 0 Å². The van der Waals surface area contributed by atoms with E-state index >= 15 is 0 Å². The zero-order valence-corrected chi connectivity index (χ0v) is 13.4. The molecule has 0 amide bonds. The third-order valence-corrected chi connectivity index (χ3v) is 5.36. The van der Waals surface area contributed by atoms with Gasteiger partial charge in [-0.25, -0.2) is 12.4 Å². The summed E-state index contributed by atoms with van der Waals surface area (Å²) in [4.78, 5) is 0.144. The first-order chi connectivity index (χ1) is 10.4. The first-order valence-electron chi connectivity index (χ1n) is 6.57. The molecule has 1 N–H and O–H groups in total. The fourth-order valence-electron chi connectivity index (χ4n) is 2.42. The van der Waals surface area contributed by atoms with Gasteiger partial charge in [0.2, 0.25) is 5.05 Å². The Balaban J connectivity index is 2.39. The molecule has 3 aromatic rings. The number of hydrogen-bond donors (Lipinski definition) is 1. The van der Waals surface area contributed by atoms with Gasteiger partial charge in [0, 0.05) is 5.39 Å². The van der Waals surface area contributed by atoms with Crippen LogP contribution in [0.3, 0.4) is 0 Å². The van der Waals surface area contributed by atoms with Crippen molar-refractivity contribution in [3.63, 3.8) is 0 Å². The Morgan fingerprint density at radius 1 is 1.09 bits per heavy atom. The van der Waals surface area contributed by atoms with Gasteiger partial charge in [0.1, 0.15) is 5.69 Å². The molecule has 0 aliphatic rings. The number of aryl methyl sites for hydroxylation is 1. The standard InChI is InChI=1S/C16H13NO3S2/c1-11-7-8-14-12(9-11)10-15(16(18)21)17(14)22(19,20)13-5-3-2-4-6-13/h2-10H,1H3,(H,18,21). The van der Waals surface area contributed by atoms with Gasteiger partial charge >= 0.3 is 0 Å². The van der Waals surface area contributed by atoms with E-state index in [9.17, 15) is 13.5 Å². The van der Waals surface area contributed by atoms with Gasteiger partial charge in [0.15, 0.2) is 0 Å². The number of nitrogens with zero attached hydrogens (tertiary/aromatic N) is 1. The van der Waals surface area contributed by atoms with Crippen molar-refractivity contribution in [1.29, 1.82) is 0 Å². The first kappa shape index (κ1) is 14.7. The molecule has 0 bridgehead atoms. The number of aliphatic hydroxyl groups is 1. The first-order valence-corrected chi connectivity index (χ1v) is 8.42. The van der Waals surface area contributed by atoms with Crippen LogP contribution >= 0.6 is 12.2 Å². The van der Waals surface area contributed by atoms with E-state index < -0.39 is 15.1 Å². The molecule has 0 aliphatic carbocycles. The van der Waals surface area contributed by atoms with Crippen molar-refractivity contribution in [2.75, 3.05) is 0 Å². The summed E-state index contributed by atoms with van der Waals surface area (Å²) in [7, 11) is -3.84. The predicted octanol–water partition coefficient (Wildman–Crippen LogP) is 3.42. The van der Waals surface area contributed by atoms with E-state index in [2.05, 4.69) is 0 Å². The molecule has 6 heteroatoms. The molecular formula is C16H13NO3S2. The van der Waals surface area contributed by atoms with Crippen LogP contribution in [0.15, 0.2) is 59.5 Å². The highest BCUT2D eigenvalue weighted by Crippen LogP contribution is 2.26. The van der Waals surface area contributed by atoms with Crippen LogP contribution in [0.2, 0.25) is 0 Å². The lowest BCUT2D eigenvalue weighted by atomic mass is 10.2. The molecule has 0 radical (unpaired) electrons. The highest BCUT2D eigenvalue weighted by molar-refractivity contribution is 7.90. The SMILES string of the molecule is Cc1ccc2c(c1)cc(C(O)=S)n2S(=O)(=O)c1ccccc1. The van der Waals surface area contributed by atoms with Crippen molar-refractivity contribution >= 4 is 38.2 Å². The number of benzene rings is 2. The number of hydrogen-bond acceptors (Lipinski definition) is 3. The summed E-state index contributed by atoms with van der Waals surface area (Å²) in [6, 6.07) is 15.1. The monoisotopic (exact) mass is 331 g/mol. The summed E-state index contributed by atoms with van der Waals surface area (Å²) in [6.07, 6.45) is 0. The molecule has 112 valence electrons. The fourth-order valence-corrected chi connectivity index (χ4v) is 4.16. The summed E-state index contributed by atoms with van der Waals surface area (Å²) >= 11 is 4.81. The molecule has 2 aromatic carbocycles. The lowest BCUT2D eigenvalue weighted by molar-refractivity contribution is 0.563. The minimum Gasteiger partial charge on any atom is -0.497 e. The number of rotatable bonds is 3. The van der Waals surface area contributed by atoms with Crippen LogP contribution < -0.4 is 0 Å². The van der Waals surface area contributed by atoms with Crippen LogP contribution in [0.25, 0.3) is 10.9 Å². The molecule has 0 unspecified atom stereocenters. The summed E-state index contributed by atoms with van der Waals surface area (Å²) < 4.78 is 26.9. The third-order valence-electron chi connectivity index (χ3n) is 3.41. The van der Waals surface area contributed by atoms with Crippen LogP contribution in [0.5, 0.6) is 0 Å². The van der Waals surface area contributed by atoms with E-state index in [0.717, 1.165) is 9.54 Å². The highest BCUT2D eigenvalue weighted by atomic mass is 32.2. The summed E-state index contributed by atoms with van der Waals surface area (Å²) in [5.41, 5.74) is 1.58. The second kappa shape index (κ2) is 5.23. The quantitative estimate of drug-likeness (QED) is 0.747. The maximum Gasteiger partial charge on any atom is 0.268 e. The smallest absolute Gasteiger partial charge is 0.268 e. The van der Waals surface area contributed by atoms with Crippen LogP contribution in [0.1, 0.15) is 11.3 Å². The Bertz CT molecular complexity index is 973. The molecule has 0 saturated heterocycles. The van der Waals surface area contributed by atoms with Crippen molar-refractivity contribution in [3.05, 3.63) is 65.9 Å². The molecule has 1 aromatic heterocycles. The topological polar surface area (TPSA) is 59.3 Å². The summed E-state index contributed by atoms with van der Waals surface area (Å²) in [5, 5.41) is 9.99. The molecule has 0 saturated carbocycles. The largest absolute Gasteiger partial charge is 0.497 e. The van der Waals surface area contributed by atoms with E-state index in [4.69, 9.17) is 12.2 Å². The van der Waals surface area contributed by atoms with Crippen molar-refractivity contribution in [2.24, 2.45) is 0 Å². The molecule has 0 fully saturated rings. The summed E-state index contributed by atoms with van der Waals surface area (Å²) in [6.45, 7) is 1.92. The van der Waals surface area contributed by atoms with Crippen LogP contribution in [0.4, 0.5) is 0 Å². The van der Waals surface area contributed by atoms with E-state index in [1.165, 1.54) is 12.1 Å². The van der Waals surface area contributed by atoms with Gasteiger partial charge < -0.3 is 5.11 Å². The molecule has 0 spiro atoms. The lowest BCUT2D eigenvalue weighted by Crippen LogP contribution is -2.17.